The monoisotopic (exact) mass is 207 g/mol. The molecule has 0 radical (unpaired) electrons. The van der Waals surface area contributed by atoms with Crippen LogP contribution in [0.4, 0.5) is 0 Å². The van der Waals surface area contributed by atoms with Crippen LogP contribution in [0.3, 0.4) is 0 Å². The quantitative estimate of drug-likeness (QED) is 0.695. The maximum atomic E-state index is 5.46. The molecule has 0 aliphatic carbocycles. The molecule has 0 amide bonds. The van der Waals surface area contributed by atoms with E-state index in [0.29, 0.717) is 0 Å². The molecule has 2 heteroatoms. The molecule has 0 fully saturated rings. The van der Waals surface area contributed by atoms with Crippen LogP contribution in [0.2, 0.25) is 0 Å². The highest BCUT2D eigenvalue weighted by Crippen LogP contribution is 2.08. The molecular formula is C13H21NO. The molecule has 0 saturated carbocycles. The van der Waals surface area contributed by atoms with Crippen LogP contribution in [0.5, 0.6) is 0 Å². The molecule has 0 heterocycles. The minimum absolute atomic E-state index is 0.798. The normalized spacial score (nSPS) is 10.5. The Balaban J connectivity index is 2.35. The number of ether oxygens (including phenoxy) is 1. The lowest BCUT2D eigenvalue weighted by molar-refractivity contribution is 0.202. The maximum absolute atomic E-state index is 5.46. The molecule has 1 aromatic carbocycles. The molecule has 0 aromatic heterocycles. The smallest absolute Gasteiger partial charge is 0.0502 e. The number of methoxy groups -OCH3 is 1. The molecule has 0 spiro atoms. The Morgan fingerprint density at radius 3 is 2.13 bits per heavy atom. The largest absolute Gasteiger partial charge is 0.384 e. The average molecular weight is 207 g/mol. The van der Waals surface area contributed by atoms with Gasteiger partial charge in [0.2, 0.25) is 0 Å². The van der Waals surface area contributed by atoms with Crippen molar-refractivity contribution in [3.05, 3.63) is 35.4 Å². The zero-order valence-corrected chi connectivity index (χ0v) is 9.54. The Labute approximate surface area is 92.4 Å². The molecule has 1 rings (SSSR count). The standard InChI is InChI=1S/C13H21NO/c1-15-11-9-13-7-5-12(6-8-13)4-2-3-10-14/h5-8H,2-4,9-11,14H2,1H3. The highest BCUT2D eigenvalue weighted by Gasteiger charge is 1.95. The Bertz CT molecular complexity index is 256. The third kappa shape index (κ3) is 4.96. The van der Waals surface area contributed by atoms with Gasteiger partial charge in [0.15, 0.2) is 0 Å². The van der Waals surface area contributed by atoms with Gasteiger partial charge in [0.05, 0.1) is 6.61 Å². The van der Waals surface area contributed by atoms with E-state index in [1.807, 2.05) is 0 Å². The second-order valence-corrected chi connectivity index (χ2v) is 3.81. The number of nitrogens with two attached hydrogens (primary N) is 1. The SMILES string of the molecule is COCCc1ccc(CCCCN)cc1. The summed E-state index contributed by atoms with van der Waals surface area (Å²) in [7, 11) is 1.74. The highest BCUT2D eigenvalue weighted by atomic mass is 16.5. The molecule has 0 saturated heterocycles. The maximum Gasteiger partial charge on any atom is 0.0502 e. The number of unbranched alkanes of at least 4 members (excludes halogenated alkanes) is 1. The van der Waals surface area contributed by atoms with E-state index in [1.165, 1.54) is 17.5 Å². The lowest BCUT2D eigenvalue weighted by Crippen LogP contribution is -1.99. The number of rotatable bonds is 7. The summed E-state index contributed by atoms with van der Waals surface area (Å²) in [5, 5.41) is 0. The second-order valence-electron chi connectivity index (χ2n) is 3.81. The van der Waals surface area contributed by atoms with Crippen molar-refractivity contribution in [2.75, 3.05) is 20.3 Å². The van der Waals surface area contributed by atoms with Crippen LogP contribution in [0.1, 0.15) is 24.0 Å². The van der Waals surface area contributed by atoms with Crippen LogP contribution in [-0.2, 0) is 17.6 Å². The first kappa shape index (κ1) is 12.2. The molecular weight excluding hydrogens is 186 g/mol. The van der Waals surface area contributed by atoms with E-state index < -0.39 is 0 Å². The number of hydrogen-bond acceptors (Lipinski definition) is 2. The van der Waals surface area contributed by atoms with Crippen LogP contribution in [0.15, 0.2) is 24.3 Å². The number of benzene rings is 1. The Hall–Kier alpha value is -0.860. The fraction of sp³-hybridized carbons (Fsp3) is 0.538. The van der Waals surface area contributed by atoms with Crippen molar-refractivity contribution in [1.29, 1.82) is 0 Å². The first-order chi connectivity index (χ1) is 7.36. The molecule has 84 valence electrons. The lowest BCUT2D eigenvalue weighted by atomic mass is 10.0. The second kappa shape index (κ2) is 7.43. The lowest BCUT2D eigenvalue weighted by Gasteiger charge is -2.03. The van der Waals surface area contributed by atoms with Crippen LogP contribution >= 0.6 is 0 Å². The predicted molar refractivity (Wildman–Crippen MR) is 64.0 cm³/mol. The topological polar surface area (TPSA) is 35.2 Å². The van der Waals surface area contributed by atoms with Crippen molar-refractivity contribution in [3.63, 3.8) is 0 Å². The predicted octanol–water partition coefficient (Wildman–Crippen LogP) is 2.16. The van der Waals surface area contributed by atoms with Gasteiger partial charge in [0, 0.05) is 7.11 Å². The molecule has 0 aliphatic rings. The van der Waals surface area contributed by atoms with Gasteiger partial charge >= 0.3 is 0 Å². The van der Waals surface area contributed by atoms with E-state index >= 15 is 0 Å². The van der Waals surface area contributed by atoms with E-state index in [1.54, 1.807) is 7.11 Å². The van der Waals surface area contributed by atoms with Crippen LogP contribution < -0.4 is 5.73 Å². The number of hydrogen-bond donors (Lipinski definition) is 1. The summed E-state index contributed by atoms with van der Waals surface area (Å²) in [6.07, 6.45) is 4.45. The van der Waals surface area contributed by atoms with Crippen LogP contribution in [0.25, 0.3) is 0 Å². The van der Waals surface area contributed by atoms with Crippen LogP contribution in [0, 0.1) is 0 Å². The van der Waals surface area contributed by atoms with Gasteiger partial charge in [0.1, 0.15) is 0 Å². The highest BCUT2D eigenvalue weighted by molar-refractivity contribution is 5.22. The molecule has 0 bridgehead atoms. The molecule has 2 nitrogen and oxygen atoms in total. The minimum atomic E-state index is 0.798. The molecule has 1 aromatic rings. The Kier molecular flexibility index (Phi) is 6.05. The Morgan fingerprint density at radius 1 is 1.00 bits per heavy atom. The van der Waals surface area contributed by atoms with Gasteiger partial charge in [-0.2, -0.15) is 0 Å². The fourth-order valence-electron chi connectivity index (χ4n) is 1.57. The van der Waals surface area contributed by atoms with Crippen LogP contribution in [-0.4, -0.2) is 20.3 Å². The fourth-order valence-corrected chi connectivity index (χ4v) is 1.57. The molecule has 0 unspecified atom stereocenters. The summed E-state index contributed by atoms with van der Waals surface area (Å²) in [5.41, 5.74) is 8.21. The third-order valence-corrected chi connectivity index (χ3v) is 2.54. The van der Waals surface area contributed by atoms with E-state index in [-0.39, 0.29) is 0 Å². The van der Waals surface area contributed by atoms with Crippen molar-refractivity contribution in [2.45, 2.75) is 25.7 Å². The zero-order chi connectivity index (χ0) is 10.9. The van der Waals surface area contributed by atoms with Gasteiger partial charge in [-0.1, -0.05) is 24.3 Å². The summed E-state index contributed by atoms with van der Waals surface area (Å²) in [5.74, 6) is 0. The van der Waals surface area contributed by atoms with Crippen molar-refractivity contribution in [2.24, 2.45) is 5.73 Å². The summed E-state index contributed by atoms with van der Waals surface area (Å²) in [6, 6.07) is 8.80. The summed E-state index contributed by atoms with van der Waals surface area (Å²) in [4.78, 5) is 0. The van der Waals surface area contributed by atoms with Crippen molar-refractivity contribution in [3.8, 4) is 0 Å². The number of aryl methyl sites for hydroxylation is 1. The van der Waals surface area contributed by atoms with Gasteiger partial charge < -0.3 is 10.5 Å². The summed E-state index contributed by atoms with van der Waals surface area (Å²) < 4.78 is 5.04. The van der Waals surface area contributed by atoms with E-state index in [9.17, 15) is 0 Å². The van der Waals surface area contributed by atoms with Gasteiger partial charge in [0.25, 0.3) is 0 Å². The summed E-state index contributed by atoms with van der Waals surface area (Å²) in [6.45, 7) is 1.60. The van der Waals surface area contributed by atoms with Crippen molar-refractivity contribution < 1.29 is 4.74 Å². The third-order valence-electron chi connectivity index (χ3n) is 2.54. The average Bonchev–Trinajstić information content (AvgIpc) is 2.28. The zero-order valence-electron chi connectivity index (χ0n) is 9.54. The minimum Gasteiger partial charge on any atom is -0.384 e. The van der Waals surface area contributed by atoms with Gasteiger partial charge in [-0.25, -0.2) is 0 Å². The van der Waals surface area contributed by atoms with Crippen molar-refractivity contribution >= 4 is 0 Å². The molecule has 0 aliphatic heterocycles. The van der Waals surface area contributed by atoms with E-state index in [2.05, 4.69) is 24.3 Å². The van der Waals surface area contributed by atoms with Gasteiger partial charge in [-0.15, -0.1) is 0 Å². The van der Waals surface area contributed by atoms with E-state index in [4.69, 9.17) is 10.5 Å². The van der Waals surface area contributed by atoms with Gasteiger partial charge in [-0.05, 0) is 43.4 Å². The molecule has 0 atom stereocenters. The van der Waals surface area contributed by atoms with E-state index in [0.717, 1.165) is 32.4 Å². The summed E-state index contributed by atoms with van der Waals surface area (Å²) >= 11 is 0. The van der Waals surface area contributed by atoms with Gasteiger partial charge in [-0.3, -0.25) is 0 Å². The first-order valence-electron chi connectivity index (χ1n) is 5.63. The molecule has 2 N–H and O–H groups in total. The van der Waals surface area contributed by atoms with Crippen molar-refractivity contribution in [1.82, 2.24) is 0 Å². The first-order valence-corrected chi connectivity index (χ1v) is 5.63. The molecule has 15 heavy (non-hydrogen) atoms. The Morgan fingerprint density at radius 2 is 1.60 bits per heavy atom.